The molecule has 4 nitrogen and oxygen atoms in total. The number of pyridine rings is 1. The van der Waals surface area contributed by atoms with E-state index in [2.05, 4.69) is 15.0 Å². The summed E-state index contributed by atoms with van der Waals surface area (Å²) in [5.74, 6) is 0.744. The topological polar surface area (TPSA) is 47.9 Å². The van der Waals surface area contributed by atoms with Gasteiger partial charge in [0.15, 0.2) is 0 Å². The Labute approximate surface area is 88.0 Å². The van der Waals surface area contributed by atoms with Gasteiger partial charge in [0, 0.05) is 11.8 Å². The van der Waals surface area contributed by atoms with Crippen molar-refractivity contribution in [3.63, 3.8) is 0 Å². The summed E-state index contributed by atoms with van der Waals surface area (Å²) < 4.78 is 5.04. The molecule has 2 rings (SSSR count). The van der Waals surface area contributed by atoms with Crippen LogP contribution in [0.1, 0.15) is 5.69 Å². The van der Waals surface area contributed by atoms with Crippen LogP contribution < -0.4 is 4.74 Å². The van der Waals surface area contributed by atoms with E-state index in [1.165, 1.54) is 6.33 Å². The third-order valence-corrected chi connectivity index (χ3v) is 2.16. The van der Waals surface area contributed by atoms with Crippen LogP contribution in [0.3, 0.4) is 0 Å². The number of aromatic nitrogens is 3. The minimum absolute atomic E-state index is 0.744. The van der Waals surface area contributed by atoms with E-state index in [4.69, 9.17) is 4.74 Å². The van der Waals surface area contributed by atoms with Gasteiger partial charge in [-0.05, 0) is 19.1 Å². The number of aryl methyl sites for hydroxylation is 1. The van der Waals surface area contributed by atoms with Crippen LogP contribution in [0.2, 0.25) is 0 Å². The van der Waals surface area contributed by atoms with Gasteiger partial charge in [0.05, 0.1) is 24.7 Å². The lowest BCUT2D eigenvalue weighted by Gasteiger charge is -2.04. The Bertz CT molecular complexity index is 454. The highest BCUT2D eigenvalue weighted by atomic mass is 16.5. The monoisotopic (exact) mass is 201 g/mol. The Morgan fingerprint density at radius 3 is 2.60 bits per heavy atom. The van der Waals surface area contributed by atoms with Crippen LogP contribution >= 0.6 is 0 Å². The van der Waals surface area contributed by atoms with Crippen molar-refractivity contribution in [2.75, 3.05) is 7.11 Å². The summed E-state index contributed by atoms with van der Waals surface area (Å²) in [5, 5.41) is 0. The fourth-order valence-corrected chi connectivity index (χ4v) is 1.30. The molecular weight excluding hydrogens is 190 g/mol. The Balaban J connectivity index is 2.42. The number of rotatable bonds is 2. The maximum Gasteiger partial charge on any atom is 0.137 e. The van der Waals surface area contributed by atoms with Crippen LogP contribution in [0.25, 0.3) is 11.3 Å². The molecule has 0 aromatic carbocycles. The largest absolute Gasteiger partial charge is 0.495 e. The van der Waals surface area contributed by atoms with E-state index < -0.39 is 0 Å². The third kappa shape index (κ3) is 1.93. The van der Waals surface area contributed by atoms with Gasteiger partial charge in [0.25, 0.3) is 0 Å². The summed E-state index contributed by atoms with van der Waals surface area (Å²) in [7, 11) is 1.62. The Kier molecular flexibility index (Phi) is 2.58. The van der Waals surface area contributed by atoms with Crippen molar-refractivity contribution in [3.05, 3.63) is 36.5 Å². The molecule has 0 saturated heterocycles. The summed E-state index contributed by atoms with van der Waals surface area (Å²) in [6.07, 6.45) is 4.97. The molecule has 0 radical (unpaired) electrons. The molecular formula is C11H11N3O. The molecule has 0 spiro atoms. The SMILES string of the molecule is COc1ccc(-c2cncnc2C)nc1. The maximum atomic E-state index is 5.04. The van der Waals surface area contributed by atoms with E-state index in [9.17, 15) is 0 Å². The zero-order chi connectivity index (χ0) is 10.7. The van der Waals surface area contributed by atoms with E-state index in [1.807, 2.05) is 19.1 Å². The second-order valence-electron chi connectivity index (χ2n) is 3.11. The Hall–Kier alpha value is -1.97. The summed E-state index contributed by atoms with van der Waals surface area (Å²) >= 11 is 0. The lowest BCUT2D eigenvalue weighted by molar-refractivity contribution is 0.413. The van der Waals surface area contributed by atoms with Gasteiger partial charge in [-0.3, -0.25) is 4.98 Å². The molecule has 0 N–H and O–H groups in total. The highest BCUT2D eigenvalue weighted by Crippen LogP contribution is 2.20. The molecule has 0 fully saturated rings. The normalized spacial score (nSPS) is 10.0. The second kappa shape index (κ2) is 4.04. The molecule has 2 heterocycles. The van der Waals surface area contributed by atoms with Gasteiger partial charge < -0.3 is 4.74 Å². The molecule has 76 valence electrons. The molecule has 0 aliphatic rings. The summed E-state index contributed by atoms with van der Waals surface area (Å²) in [6.45, 7) is 1.93. The molecule has 0 saturated carbocycles. The smallest absolute Gasteiger partial charge is 0.137 e. The quantitative estimate of drug-likeness (QED) is 0.744. The van der Waals surface area contributed by atoms with Crippen molar-refractivity contribution < 1.29 is 4.74 Å². The molecule has 0 aliphatic carbocycles. The first-order chi connectivity index (χ1) is 7.31. The molecule has 2 aromatic rings. The van der Waals surface area contributed by atoms with Gasteiger partial charge in [-0.1, -0.05) is 0 Å². The van der Waals surface area contributed by atoms with Gasteiger partial charge >= 0.3 is 0 Å². The summed E-state index contributed by atoms with van der Waals surface area (Å²) in [6, 6.07) is 3.76. The number of nitrogens with zero attached hydrogens (tertiary/aromatic N) is 3. The van der Waals surface area contributed by atoms with E-state index in [0.717, 1.165) is 22.7 Å². The highest BCUT2D eigenvalue weighted by Gasteiger charge is 2.03. The van der Waals surface area contributed by atoms with E-state index in [1.54, 1.807) is 19.5 Å². The van der Waals surface area contributed by atoms with Crippen molar-refractivity contribution in [2.24, 2.45) is 0 Å². The average molecular weight is 201 g/mol. The van der Waals surface area contributed by atoms with Crippen molar-refractivity contribution in [2.45, 2.75) is 6.92 Å². The van der Waals surface area contributed by atoms with Crippen LogP contribution in [-0.2, 0) is 0 Å². The Morgan fingerprint density at radius 2 is 2.00 bits per heavy atom. The molecule has 0 atom stereocenters. The van der Waals surface area contributed by atoms with Crippen LogP contribution in [0.5, 0.6) is 5.75 Å². The number of methoxy groups -OCH3 is 1. The van der Waals surface area contributed by atoms with Crippen molar-refractivity contribution in [3.8, 4) is 17.0 Å². The Morgan fingerprint density at radius 1 is 1.13 bits per heavy atom. The molecule has 0 amide bonds. The maximum absolute atomic E-state index is 5.04. The van der Waals surface area contributed by atoms with Crippen molar-refractivity contribution in [1.82, 2.24) is 15.0 Å². The van der Waals surface area contributed by atoms with Crippen LogP contribution in [0.4, 0.5) is 0 Å². The minimum atomic E-state index is 0.744. The standard InChI is InChI=1S/C11H11N3O/c1-8-10(6-12-7-14-8)11-4-3-9(15-2)5-13-11/h3-7H,1-2H3. The van der Waals surface area contributed by atoms with Crippen molar-refractivity contribution >= 4 is 0 Å². The van der Waals surface area contributed by atoms with Gasteiger partial charge in [0.2, 0.25) is 0 Å². The fraction of sp³-hybridized carbons (Fsp3) is 0.182. The van der Waals surface area contributed by atoms with Crippen molar-refractivity contribution in [1.29, 1.82) is 0 Å². The van der Waals surface area contributed by atoms with Crippen LogP contribution in [0, 0.1) is 6.92 Å². The highest BCUT2D eigenvalue weighted by molar-refractivity contribution is 5.60. The van der Waals surface area contributed by atoms with Crippen LogP contribution in [-0.4, -0.2) is 22.1 Å². The second-order valence-corrected chi connectivity index (χ2v) is 3.11. The molecule has 0 bridgehead atoms. The van der Waals surface area contributed by atoms with E-state index in [-0.39, 0.29) is 0 Å². The molecule has 2 aromatic heterocycles. The summed E-state index contributed by atoms with van der Waals surface area (Å²) in [4.78, 5) is 12.4. The number of hydrogen-bond donors (Lipinski definition) is 0. The molecule has 0 aliphatic heterocycles. The average Bonchev–Trinajstić information content (AvgIpc) is 2.30. The molecule has 0 unspecified atom stereocenters. The third-order valence-electron chi connectivity index (χ3n) is 2.16. The first kappa shape index (κ1) is 9.58. The first-order valence-electron chi connectivity index (χ1n) is 4.58. The first-order valence-corrected chi connectivity index (χ1v) is 4.58. The lowest BCUT2D eigenvalue weighted by Crippen LogP contribution is -1.92. The lowest BCUT2D eigenvalue weighted by atomic mass is 10.1. The predicted octanol–water partition coefficient (Wildman–Crippen LogP) is 1.86. The van der Waals surface area contributed by atoms with Gasteiger partial charge in [-0.25, -0.2) is 9.97 Å². The zero-order valence-corrected chi connectivity index (χ0v) is 8.64. The van der Waals surface area contributed by atoms with Gasteiger partial charge in [-0.15, -0.1) is 0 Å². The number of ether oxygens (including phenoxy) is 1. The van der Waals surface area contributed by atoms with E-state index >= 15 is 0 Å². The van der Waals surface area contributed by atoms with Gasteiger partial charge in [-0.2, -0.15) is 0 Å². The van der Waals surface area contributed by atoms with Crippen LogP contribution in [0.15, 0.2) is 30.9 Å². The minimum Gasteiger partial charge on any atom is -0.495 e. The zero-order valence-electron chi connectivity index (χ0n) is 8.64. The predicted molar refractivity (Wildman–Crippen MR) is 56.6 cm³/mol. The molecule has 15 heavy (non-hydrogen) atoms. The number of hydrogen-bond acceptors (Lipinski definition) is 4. The molecule has 4 heteroatoms. The summed E-state index contributed by atoms with van der Waals surface area (Å²) in [5.41, 5.74) is 2.72. The fourth-order valence-electron chi connectivity index (χ4n) is 1.30. The van der Waals surface area contributed by atoms with E-state index in [0.29, 0.717) is 0 Å². The van der Waals surface area contributed by atoms with Gasteiger partial charge in [0.1, 0.15) is 12.1 Å².